The van der Waals surface area contributed by atoms with Gasteiger partial charge in [0.1, 0.15) is 5.75 Å². The Hall–Kier alpha value is -1.38. The molecule has 0 aromatic heterocycles. The smallest absolute Gasteiger partial charge is 0.443 e. The number of unbranched alkanes of at least 4 members (excludes halogenated alkanes) is 2. The molecule has 0 amide bonds. The zero-order valence-electron chi connectivity index (χ0n) is 16.9. The molecule has 0 radical (unpaired) electrons. The minimum atomic E-state index is -6.92. The Morgan fingerprint density at radius 3 is 1.61 bits per heavy atom. The quantitative estimate of drug-likeness (QED) is 0.221. The second kappa shape index (κ2) is 10.0. The molecule has 0 aliphatic carbocycles. The summed E-state index contributed by atoms with van der Waals surface area (Å²) < 4.78 is 135. The van der Waals surface area contributed by atoms with E-state index in [1.807, 2.05) is 13.8 Å². The average Bonchev–Trinajstić information content (AvgIpc) is 2.65. The third kappa shape index (κ3) is 6.56. The van der Waals surface area contributed by atoms with E-state index < -0.39 is 43.3 Å². The van der Waals surface area contributed by atoms with Gasteiger partial charge < -0.3 is 4.52 Å². The summed E-state index contributed by atoms with van der Waals surface area (Å²) in [5.41, 5.74) is -0.619. The van der Waals surface area contributed by atoms with Crippen molar-refractivity contribution in [3.63, 3.8) is 0 Å². The summed E-state index contributed by atoms with van der Waals surface area (Å²) in [7, 11) is -3.09. The lowest BCUT2D eigenvalue weighted by Crippen LogP contribution is -2.61. The van der Waals surface area contributed by atoms with Gasteiger partial charge in [-0.25, -0.2) is 0 Å². The summed E-state index contributed by atoms with van der Waals surface area (Å²) in [5.74, 6) is -19.3. The Kier molecular flexibility index (Phi) is 8.96. The maximum absolute atomic E-state index is 13.8. The van der Waals surface area contributed by atoms with Gasteiger partial charge in [0.05, 0.1) is 0 Å². The molecule has 0 saturated heterocycles. The Labute approximate surface area is 174 Å². The van der Waals surface area contributed by atoms with Crippen molar-refractivity contribution in [1.29, 1.82) is 0 Å². The van der Waals surface area contributed by atoms with Gasteiger partial charge in [0.2, 0.25) is 7.37 Å². The van der Waals surface area contributed by atoms with Crippen molar-refractivity contribution < 1.29 is 48.6 Å². The monoisotopic (exact) mass is 486 g/mol. The van der Waals surface area contributed by atoms with Crippen molar-refractivity contribution in [2.45, 2.75) is 69.9 Å². The summed E-state index contributed by atoms with van der Waals surface area (Å²) in [6.45, 7) is 3.77. The number of alkyl halides is 9. The topological polar surface area (TPSA) is 26.3 Å². The SMILES string of the molecule is CCCCP(=O)(CCCC)Oc1ccc(CC(F)(F)C(F)(F)C(F)(F)C(F)(F)F)cc1. The molecule has 180 valence electrons. The van der Waals surface area contributed by atoms with Crippen LogP contribution in [-0.2, 0) is 11.0 Å². The largest absolute Gasteiger partial charge is 0.460 e. The van der Waals surface area contributed by atoms with Crippen LogP contribution in [-0.4, -0.2) is 36.3 Å². The third-order valence-electron chi connectivity index (χ3n) is 4.54. The van der Waals surface area contributed by atoms with Crippen LogP contribution in [0.15, 0.2) is 24.3 Å². The Morgan fingerprint density at radius 1 is 0.774 bits per heavy atom. The molecule has 1 aromatic rings. The van der Waals surface area contributed by atoms with Gasteiger partial charge >= 0.3 is 23.9 Å². The number of hydrogen-bond acceptors (Lipinski definition) is 2. The fourth-order valence-electron chi connectivity index (χ4n) is 2.64. The van der Waals surface area contributed by atoms with E-state index in [2.05, 4.69) is 0 Å². The van der Waals surface area contributed by atoms with Crippen LogP contribution < -0.4 is 4.52 Å². The molecule has 0 atom stereocenters. The molecule has 0 bridgehead atoms. The predicted octanol–water partition coefficient (Wildman–Crippen LogP) is 7.95. The van der Waals surface area contributed by atoms with Crippen LogP contribution in [0.5, 0.6) is 5.75 Å². The molecule has 12 heteroatoms. The van der Waals surface area contributed by atoms with E-state index >= 15 is 0 Å². The first kappa shape index (κ1) is 27.7. The molecule has 0 saturated carbocycles. The van der Waals surface area contributed by atoms with Crippen molar-refractivity contribution in [1.82, 2.24) is 0 Å². The van der Waals surface area contributed by atoms with Crippen molar-refractivity contribution in [3.8, 4) is 5.75 Å². The second-order valence-electron chi connectivity index (χ2n) is 7.23. The molecule has 0 unspecified atom stereocenters. The minimum Gasteiger partial charge on any atom is -0.443 e. The highest BCUT2D eigenvalue weighted by atomic mass is 31.2. The van der Waals surface area contributed by atoms with Gasteiger partial charge in [-0.15, -0.1) is 0 Å². The van der Waals surface area contributed by atoms with E-state index in [1.165, 1.54) is 0 Å². The Bertz CT molecular complexity index is 734. The summed E-state index contributed by atoms with van der Waals surface area (Å²) >= 11 is 0. The first-order valence-corrected chi connectivity index (χ1v) is 11.6. The lowest BCUT2D eigenvalue weighted by Gasteiger charge is -2.33. The van der Waals surface area contributed by atoms with E-state index in [0.717, 1.165) is 37.1 Å². The number of hydrogen-bond donors (Lipinski definition) is 0. The van der Waals surface area contributed by atoms with Crippen molar-refractivity contribution in [2.75, 3.05) is 12.3 Å². The van der Waals surface area contributed by atoms with Gasteiger partial charge in [-0.2, -0.15) is 39.5 Å². The van der Waals surface area contributed by atoms with Gasteiger partial charge in [-0.05, 0) is 30.5 Å². The standard InChI is InChI=1S/C19H24F9O2P/c1-3-5-11-31(29,12-6-4-2)30-15-9-7-14(8-10-15)13-16(20,21)17(22,23)18(24,25)19(26,27)28/h7-10H,3-6,11-13H2,1-2H3. The highest BCUT2D eigenvalue weighted by Gasteiger charge is 2.81. The molecular formula is C19H24F9O2P. The van der Waals surface area contributed by atoms with Crippen LogP contribution >= 0.6 is 7.37 Å². The first-order valence-electron chi connectivity index (χ1n) is 9.60. The van der Waals surface area contributed by atoms with Crippen LogP contribution in [0.3, 0.4) is 0 Å². The number of benzene rings is 1. The van der Waals surface area contributed by atoms with Crippen LogP contribution in [0.1, 0.15) is 45.1 Å². The summed E-state index contributed by atoms with van der Waals surface area (Å²) in [5, 5.41) is 0. The van der Waals surface area contributed by atoms with E-state index in [0.29, 0.717) is 12.8 Å². The van der Waals surface area contributed by atoms with Crippen molar-refractivity contribution in [3.05, 3.63) is 29.8 Å². The van der Waals surface area contributed by atoms with Crippen molar-refractivity contribution in [2.24, 2.45) is 0 Å². The number of halogens is 9. The summed E-state index contributed by atoms with van der Waals surface area (Å²) in [6.07, 6.45) is -5.61. The van der Waals surface area contributed by atoms with E-state index in [9.17, 15) is 44.1 Å². The molecule has 1 rings (SSSR count). The highest BCUT2D eigenvalue weighted by Crippen LogP contribution is 2.54. The highest BCUT2D eigenvalue weighted by molar-refractivity contribution is 7.59. The maximum Gasteiger partial charge on any atom is 0.460 e. The van der Waals surface area contributed by atoms with Gasteiger partial charge in [-0.3, -0.25) is 4.57 Å². The minimum absolute atomic E-state index is 0.00464. The zero-order chi connectivity index (χ0) is 24.1. The fraction of sp³-hybridized carbons (Fsp3) is 0.684. The van der Waals surface area contributed by atoms with E-state index in [1.54, 1.807) is 0 Å². The average molecular weight is 486 g/mol. The fourth-order valence-corrected chi connectivity index (χ4v) is 5.14. The first-order chi connectivity index (χ1) is 14.0. The molecule has 0 fully saturated rings. The van der Waals surface area contributed by atoms with E-state index in [-0.39, 0.29) is 18.1 Å². The molecule has 1 aromatic carbocycles. The van der Waals surface area contributed by atoms with Gasteiger partial charge in [-0.1, -0.05) is 38.8 Å². The summed E-state index contributed by atoms with van der Waals surface area (Å²) in [4.78, 5) is 0. The third-order valence-corrected chi connectivity index (χ3v) is 7.07. The molecule has 0 spiro atoms. The molecule has 2 nitrogen and oxygen atoms in total. The van der Waals surface area contributed by atoms with Crippen LogP contribution in [0.25, 0.3) is 0 Å². The predicted molar refractivity (Wildman–Crippen MR) is 98.8 cm³/mol. The molecule has 0 aliphatic rings. The maximum atomic E-state index is 13.8. The Balaban J connectivity index is 3.01. The van der Waals surface area contributed by atoms with Crippen LogP contribution in [0.2, 0.25) is 0 Å². The summed E-state index contributed by atoms with van der Waals surface area (Å²) in [6, 6.07) is 3.73. The molecule has 0 aliphatic heterocycles. The second-order valence-corrected chi connectivity index (χ2v) is 9.94. The molecule has 31 heavy (non-hydrogen) atoms. The van der Waals surface area contributed by atoms with Crippen molar-refractivity contribution >= 4 is 7.37 Å². The van der Waals surface area contributed by atoms with E-state index in [4.69, 9.17) is 4.52 Å². The molecule has 0 N–H and O–H groups in total. The lowest BCUT2D eigenvalue weighted by molar-refractivity contribution is -0.395. The van der Waals surface area contributed by atoms with Gasteiger partial charge in [0.25, 0.3) is 0 Å². The van der Waals surface area contributed by atoms with Crippen LogP contribution in [0.4, 0.5) is 39.5 Å². The molecular weight excluding hydrogens is 462 g/mol. The van der Waals surface area contributed by atoms with Gasteiger partial charge in [0, 0.05) is 18.7 Å². The number of rotatable bonds is 12. The molecule has 0 heterocycles. The van der Waals surface area contributed by atoms with Gasteiger partial charge in [0.15, 0.2) is 0 Å². The Morgan fingerprint density at radius 2 is 1.23 bits per heavy atom. The zero-order valence-corrected chi connectivity index (χ0v) is 17.8. The normalized spacial score (nSPS) is 14.0. The van der Waals surface area contributed by atoms with Crippen LogP contribution in [0, 0.1) is 0 Å². The lowest BCUT2D eigenvalue weighted by atomic mass is 9.97.